The van der Waals surface area contributed by atoms with Crippen LogP contribution in [0, 0.1) is 0 Å². The molecule has 0 aliphatic heterocycles. The molecule has 0 unspecified atom stereocenters. The predicted molar refractivity (Wildman–Crippen MR) is 85.7 cm³/mol. The topological polar surface area (TPSA) is 33.2 Å². The highest BCUT2D eigenvalue weighted by Gasteiger charge is 2.24. The van der Waals surface area contributed by atoms with Crippen LogP contribution in [0.2, 0.25) is 5.15 Å². The molecule has 1 amide bonds. The third-order valence-corrected chi connectivity index (χ3v) is 4.72. The third-order valence-electron chi connectivity index (χ3n) is 4.42. The molecule has 0 radical (unpaired) electrons. The molecule has 1 aromatic carbocycles. The highest BCUT2D eigenvalue weighted by atomic mass is 35.5. The van der Waals surface area contributed by atoms with E-state index in [1.54, 1.807) is 6.20 Å². The monoisotopic (exact) mass is 302 g/mol. The molecule has 1 aromatic heterocycles. The van der Waals surface area contributed by atoms with E-state index in [4.69, 9.17) is 11.6 Å². The van der Waals surface area contributed by atoms with Crippen LogP contribution in [-0.2, 0) is 0 Å². The van der Waals surface area contributed by atoms with Crippen molar-refractivity contribution in [3.63, 3.8) is 0 Å². The van der Waals surface area contributed by atoms with E-state index in [0.717, 1.165) is 23.6 Å². The molecular formula is C17H19ClN2O. The lowest BCUT2D eigenvalue weighted by Gasteiger charge is -2.31. The number of aromatic nitrogens is 1. The summed E-state index contributed by atoms with van der Waals surface area (Å²) in [4.78, 5) is 18.9. The molecule has 0 saturated heterocycles. The number of carbonyl (C=O) groups is 1. The number of hydrogen-bond donors (Lipinski definition) is 0. The van der Waals surface area contributed by atoms with Crippen molar-refractivity contribution in [1.29, 1.82) is 0 Å². The van der Waals surface area contributed by atoms with Gasteiger partial charge in [0.05, 0.1) is 5.56 Å². The van der Waals surface area contributed by atoms with Crippen LogP contribution >= 0.6 is 11.6 Å². The van der Waals surface area contributed by atoms with Crippen molar-refractivity contribution in [2.75, 3.05) is 7.05 Å². The first-order valence-electron chi connectivity index (χ1n) is 7.49. The van der Waals surface area contributed by atoms with Gasteiger partial charge in [0.1, 0.15) is 5.15 Å². The molecule has 3 rings (SSSR count). The third kappa shape index (κ3) is 2.75. The van der Waals surface area contributed by atoms with Crippen molar-refractivity contribution in [2.24, 2.45) is 0 Å². The number of nitrogens with zero attached hydrogens (tertiary/aromatic N) is 2. The lowest BCUT2D eigenvalue weighted by molar-refractivity contribution is 0.0698. The standard InChI is InChI=1S/C17H19ClN2O/c1-20(12-7-3-2-4-8-12)17(21)15-11-19-16(18)14-10-6-5-9-13(14)15/h5-6,9-12H,2-4,7-8H2,1H3. The second-order valence-corrected chi connectivity index (χ2v) is 6.07. The van der Waals surface area contributed by atoms with Crippen LogP contribution in [0.4, 0.5) is 0 Å². The largest absolute Gasteiger partial charge is 0.339 e. The number of amides is 1. The Hall–Kier alpha value is -1.61. The van der Waals surface area contributed by atoms with Gasteiger partial charge in [-0.05, 0) is 18.2 Å². The smallest absolute Gasteiger partial charge is 0.256 e. The summed E-state index contributed by atoms with van der Waals surface area (Å²) in [6, 6.07) is 8.03. The Morgan fingerprint density at radius 3 is 2.57 bits per heavy atom. The van der Waals surface area contributed by atoms with Crippen molar-refractivity contribution in [3.8, 4) is 0 Å². The summed E-state index contributed by atoms with van der Waals surface area (Å²) in [7, 11) is 1.90. The summed E-state index contributed by atoms with van der Waals surface area (Å²) >= 11 is 6.13. The lowest BCUT2D eigenvalue weighted by atomic mass is 9.94. The van der Waals surface area contributed by atoms with Crippen LogP contribution in [0.1, 0.15) is 42.5 Å². The maximum atomic E-state index is 12.8. The number of pyridine rings is 1. The second kappa shape index (κ2) is 6.02. The Morgan fingerprint density at radius 1 is 1.19 bits per heavy atom. The first-order valence-corrected chi connectivity index (χ1v) is 7.86. The molecule has 1 heterocycles. The molecular weight excluding hydrogens is 284 g/mol. The van der Waals surface area contributed by atoms with Gasteiger partial charge in [-0.2, -0.15) is 0 Å². The Bertz CT molecular complexity index is 665. The van der Waals surface area contributed by atoms with Gasteiger partial charge in [-0.3, -0.25) is 4.79 Å². The fourth-order valence-corrected chi connectivity index (χ4v) is 3.37. The number of carbonyl (C=O) groups excluding carboxylic acids is 1. The van der Waals surface area contributed by atoms with Gasteiger partial charge >= 0.3 is 0 Å². The van der Waals surface area contributed by atoms with Crippen LogP contribution in [0.25, 0.3) is 10.8 Å². The van der Waals surface area contributed by atoms with Gasteiger partial charge in [0, 0.05) is 24.7 Å². The molecule has 21 heavy (non-hydrogen) atoms. The van der Waals surface area contributed by atoms with Gasteiger partial charge in [0.2, 0.25) is 0 Å². The van der Waals surface area contributed by atoms with Gasteiger partial charge in [-0.15, -0.1) is 0 Å². The molecule has 3 nitrogen and oxygen atoms in total. The fourth-order valence-electron chi connectivity index (χ4n) is 3.15. The molecule has 1 fully saturated rings. The van der Waals surface area contributed by atoms with Crippen molar-refractivity contribution in [2.45, 2.75) is 38.1 Å². The zero-order valence-corrected chi connectivity index (χ0v) is 12.9. The molecule has 1 aliphatic carbocycles. The summed E-state index contributed by atoms with van der Waals surface area (Å²) in [6.07, 6.45) is 7.50. The minimum absolute atomic E-state index is 0.0438. The molecule has 1 saturated carbocycles. The number of benzene rings is 1. The van der Waals surface area contributed by atoms with E-state index in [9.17, 15) is 4.79 Å². The van der Waals surface area contributed by atoms with Crippen LogP contribution in [0.15, 0.2) is 30.5 Å². The molecule has 0 spiro atoms. The molecule has 0 atom stereocenters. The Balaban J connectivity index is 1.96. The minimum atomic E-state index is 0.0438. The summed E-state index contributed by atoms with van der Waals surface area (Å²) < 4.78 is 0. The van der Waals surface area contributed by atoms with Gasteiger partial charge in [0.15, 0.2) is 0 Å². The van der Waals surface area contributed by atoms with Gasteiger partial charge in [0.25, 0.3) is 5.91 Å². The van der Waals surface area contributed by atoms with Crippen LogP contribution in [0.3, 0.4) is 0 Å². The molecule has 110 valence electrons. The van der Waals surface area contributed by atoms with Gasteiger partial charge in [-0.25, -0.2) is 4.98 Å². The first-order chi connectivity index (χ1) is 10.2. The molecule has 2 aromatic rings. The number of rotatable bonds is 2. The maximum absolute atomic E-state index is 12.8. The van der Waals surface area contributed by atoms with E-state index in [2.05, 4.69) is 4.98 Å². The number of halogens is 1. The van der Waals surface area contributed by atoms with Crippen molar-refractivity contribution in [3.05, 3.63) is 41.2 Å². The summed E-state index contributed by atoms with van der Waals surface area (Å²) in [6.45, 7) is 0. The molecule has 0 bridgehead atoms. The van der Waals surface area contributed by atoms with E-state index in [1.165, 1.54) is 19.3 Å². The van der Waals surface area contributed by atoms with E-state index in [-0.39, 0.29) is 5.91 Å². The van der Waals surface area contributed by atoms with E-state index >= 15 is 0 Å². The Labute approximate surface area is 129 Å². The summed E-state index contributed by atoms with van der Waals surface area (Å²) in [5.74, 6) is 0.0438. The maximum Gasteiger partial charge on any atom is 0.256 e. The predicted octanol–water partition coefficient (Wildman–Crippen LogP) is 4.29. The van der Waals surface area contributed by atoms with E-state index in [0.29, 0.717) is 16.8 Å². The SMILES string of the molecule is CN(C(=O)c1cnc(Cl)c2ccccc12)C1CCCCC1. The summed E-state index contributed by atoms with van der Waals surface area (Å²) in [5.41, 5.74) is 0.642. The Morgan fingerprint density at radius 2 is 1.86 bits per heavy atom. The lowest BCUT2D eigenvalue weighted by Crippen LogP contribution is -2.38. The van der Waals surface area contributed by atoms with Crippen molar-refractivity contribution in [1.82, 2.24) is 9.88 Å². The second-order valence-electron chi connectivity index (χ2n) is 5.72. The highest BCUT2D eigenvalue weighted by molar-refractivity contribution is 6.34. The summed E-state index contributed by atoms with van der Waals surface area (Å²) in [5, 5.41) is 2.16. The van der Waals surface area contributed by atoms with Gasteiger partial charge in [-0.1, -0.05) is 55.1 Å². The van der Waals surface area contributed by atoms with Gasteiger partial charge < -0.3 is 4.90 Å². The normalized spacial score (nSPS) is 16.1. The van der Waals surface area contributed by atoms with Crippen LogP contribution in [0.5, 0.6) is 0 Å². The zero-order chi connectivity index (χ0) is 14.8. The molecule has 1 aliphatic rings. The Kier molecular flexibility index (Phi) is 4.11. The minimum Gasteiger partial charge on any atom is -0.339 e. The average molecular weight is 303 g/mol. The fraction of sp³-hybridized carbons (Fsp3) is 0.412. The van der Waals surface area contributed by atoms with Crippen molar-refractivity contribution < 1.29 is 4.79 Å². The quantitative estimate of drug-likeness (QED) is 0.775. The van der Waals surface area contributed by atoms with E-state index < -0.39 is 0 Å². The number of hydrogen-bond acceptors (Lipinski definition) is 2. The first kappa shape index (κ1) is 14.3. The van der Waals surface area contributed by atoms with Crippen LogP contribution < -0.4 is 0 Å². The van der Waals surface area contributed by atoms with Crippen molar-refractivity contribution >= 4 is 28.3 Å². The molecule has 0 N–H and O–H groups in total. The molecule has 4 heteroatoms. The van der Waals surface area contributed by atoms with E-state index in [1.807, 2.05) is 36.2 Å². The zero-order valence-electron chi connectivity index (χ0n) is 12.2. The van der Waals surface area contributed by atoms with Crippen LogP contribution in [-0.4, -0.2) is 28.9 Å². The number of fused-ring (bicyclic) bond motifs is 1. The average Bonchev–Trinajstić information content (AvgIpc) is 2.55. The highest BCUT2D eigenvalue weighted by Crippen LogP contribution is 2.27.